The molecule has 1 atom stereocenters. The molecule has 0 aromatic heterocycles. The number of rotatable bonds is 0. The van der Waals surface area contributed by atoms with Crippen LogP contribution in [0.25, 0.3) is 0 Å². The van der Waals surface area contributed by atoms with Crippen LogP contribution in [-0.4, -0.2) is 29.8 Å². The fraction of sp³-hybridized carbons (Fsp3) is 0.286. The van der Waals surface area contributed by atoms with E-state index in [0.29, 0.717) is 11.7 Å². The summed E-state index contributed by atoms with van der Waals surface area (Å²) in [7, 11) is 0. The third-order valence-electron chi connectivity index (χ3n) is 1.66. The Labute approximate surface area is 68.9 Å². The van der Waals surface area contributed by atoms with Gasteiger partial charge in [0.1, 0.15) is 18.2 Å². The van der Waals surface area contributed by atoms with Crippen molar-refractivity contribution in [1.82, 2.24) is 0 Å². The fourth-order valence-electron chi connectivity index (χ4n) is 1.01. The second-order valence-electron chi connectivity index (χ2n) is 2.49. The first-order valence-corrected chi connectivity index (χ1v) is 3.40. The van der Waals surface area contributed by atoms with E-state index in [2.05, 4.69) is 20.0 Å². The van der Waals surface area contributed by atoms with Crippen LogP contribution in [0.1, 0.15) is 6.92 Å². The van der Waals surface area contributed by atoms with E-state index in [0.717, 1.165) is 0 Å². The van der Waals surface area contributed by atoms with Gasteiger partial charge in [-0.1, -0.05) is 0 Å². The van der Waals surface area contributed by atoms with Crippen molar-refractivity contribution in [2.45, 2.75) is 12.5 Å². The summed E-state index contributed by atoms with van der Waals surface area (Å²) in [6.07, 6.45) is 2.81. The van der Waals surface area contributed by atoms with Crippen molar-refractivity contribution >= 4 is 24.2 Å². The van der Waals surface area contributed by atoms with Gasteiger partial charge in [-0.05, 0) is 6.92 Å². The summed E-state index contributed by atoms with van der Waals surface area (Å²) in [5.41, 5.74) is -1.04. The molecule has 12 heavy (non-hydrogen) atoms. The number of hydrogen-bond acceptors (Lipinski definition) is 5. The molecule has 1 unspecified atom stereocenters. The minimum absolute atomic E-state index is 0.414. The van der Waals surface area contributed by atoms with Crippen LogP contribution in [0.5, 0.6) is 0 Å². The van der Waals surface area contributed by atoms with E-state index >= 15 is 0 Å². The molecular weight excluding hydrogens is 154 g/mol. The number of nitriles is 1. The van der Waals surface area contributed by atoms with Crippen LogP contribution in [-0.2, 0) is 0 Å². The Balaban J connectivity index is 2.54. The Morgan fingerprint density at radius 1 is 1.58 bits per heavy atom. The molecule has 0 aliphatic carbocycles. The fourth-order valence-corrected chi connectivity index (χ4v) is 1.01. The molecule has 58 valence electrons. The van der Waals surface area contributed by atoms with Crippen molar-refractivity contribution in [3.8, 4) is 6.07 Å². The molecule has 0 aromatic rings. The van der Waals surface area contributed by atoms with Gasteiger partial charge in [-0.3, -0.25) is 0 Å². The second kappa shape index (κ2) is 2.08. The maximum Gasteiger partial charge on any atom is 0.242 e. The first kappa shape index (κ1) is 6.85. The monoisotopic (exact) mass is 159 g/mol. The zero-order chi connectivity index (χ0) is 8.60. The van der Waals surface area contributed by atoms with Crippen molar-refractivity contribution in [2.24, 2.45) is 20.0 Å². The van der Waals surface area contributed by atoms with Crippen LogP contribution in [0, 0.1) is 11.3 Å². The highest BCUT2D eigenvalue weighted by molar-refractivity contribution is 6.22. The number of amidine groups is 2. The summed E-state index contributed by atoms with van der Waals surface area (Å²) < 4.78 is 0. The smallest absolute Gasteiger partial charge is 0.242 e. The maximum absolute atomic E-state index is 8.83. The summed E-state index contributed by atoms with van der Waals surface area (Å²) in [4.78, 5) is 15.7. The molecule has 0 N–H and O–H groups in total. The van der Waals surface area contributed by atoms with Crippen molar-refractivity contribution < 1.29 is 0 Å². The van der Waals surface area contributed by atoms with Gasteiger partial charge in [-0.25, -0.2) is 20.0 Å². The Bertz CT molecular complexity index is 381. The summed E-state index contributed by atoms with van der Waals surface area (Å²) in [6, 6.07) is 2.01. The van der Waals surface area contributed by atoms with Crippen molar-refractivity contribution in [3.05, 3.63) is 0 Å². The second-order valence-corrected chi connectivity index (χ2v) is 2.49. The quantitative estimate of drug-likeness (QED) is 0.497. The predicted molar refractivity (Wildman–Crippen MR) is 45.9 cm³/mol. The molecule has 5 heteroatoms. The number of hydrogen-bond donors (Lipinski definition) is 0. The lowest BCUT2D eigenvalue weighted by atomic mass is 10.0. The lowest BCUT2D eigenvalue weighted by molar-refractivity contribution is 0.969. The van der Waals surface area contributed by atoms with Gasteiger partial charge in [-0.15, -0.1) is 0 Å². The Hall–Kier alpha value is -1.83. The molecule has 0 fully saturated rings. The van der Waals surface area contributed by atoms with Gasteiger partial charge in [0.2, 0.25) is 5.54 Å². The highest BCUT2D eigenvalue weighted by Crippen LogP contribution is 2.18. The molecule has 0 bridgehead atoms. The largest absolute Gasteiger partial charge is 0.242 e. The first-order valence-electron chi connectivity index (χ1n) is 3.40. The predicted octanol–water partition coefficient (Wildman–Crippen LogP) is 0.192. The van der Waals surface area contributed by atoms with Gasteiger partial charge >= 0.3 is 0 Å². The summed E-state index contributed by atoms with van der Waals surface area (Å²) in [6.45, 7) is 1.75. The van der Waals surface area contributed by atoms with Gasteiger partial charge in [0.25, 0.3) is 0 Å². The van der Waals surface area contributed by atoms with Crippen LogP contribution in [0.3, 0.4) is 0 Å². The van der Waals surface area contributed by atoms with E-state index in [1.54, 1.807) is 6.92 Å². The standard InChI is InChI=1S/C7H5N5/c1-5-9-3-7(2-8)6(12-5)10-4-11-7/h3-4H,1H3. The van der Waals surface area contributed by atoms with E-state index in [1.165, 1.54) is 12.6 Å². The van der Waals surface area contributed by atoms with E-state index in [-0.39, 0.29) is 0 Å². The average Bonchev–Trinajstić information content (AvgIpc) is 2.48. The Morgan fingerprint density at radius 2 is 2.42 bits per heavy atom. The molecule has 0 spiro atoms. The summed E-state index contributed by atoms with van der Waals surface area (Å²) in [5.74, 6) is 1.02. The van der Waals surface area contributed by atoms with Crippen LogP contribution < -0.4 is 0 Å². The Morgan fingerprint density at radius 3 is 3.17 bits per heavy atom. The molecule has 5 nitrogen and oxygen atoms in total. The van der Waals surface area contributed by atoms with Crippen LogP contribution in [0.15, 0.2) is 20.0 Å². The molecule has 2 aliphatic rings. The molecule has 0 saturated heterocycles. The maximum atomic E-state index is 8.83. The Kier molecular flexibility index (Phi) is 1.19. The van der Waals surface area contributed by atoms with Crippen molar-refractivity contribution in [1.29, 1.82) is 5.26 Å². The lowest BCUT2D eigenvalue weighted by Crippen LogP contribution is -2.36. The number of nitrogens with zero attached hydrogens (tertiary/aromatic N) is 5. The summed E-state index contributed by atoms with van der Waals surface area (Å²) >= 11 is 0. The molecule has 0 radical (unpaired) electrons. The van der Waals surface area contributed by atoms with Gasteiger partial charge < -0.3 is 0 Å². The number of aliphatic imine (C=N–C) groups is 4. The molecular formula is C7H5N5. The van der Waals surface area contributed by atoms with E-state index in [1.807, 2.05) is 6.07 Å². The van der Waals surface area contributed by atoms with Gasteiger partial charge in [0.15, 0.2) is 5.84 Å². The van der Waals surface area contributed by atoms with Crippen LogP contribution in [0.4, 0.5) is 0 Å². The first-order chi connectivity index (χ1) is 5.77. The van der Waals surface area contributed by atoms with Gasteiger partial charge in [0, 0.05) is 0 Å². The minimum Gasteiger partial charge on any atom is -0.242 e. The number of fused-ring (bicyclic) bond motifs is 1. The minimum atomic E-state index is -1.04. The van der Waals surface area contributed by atoms with E-state index < -0.39 is 5.54 Å². The van der Waals surface area contributed by atoms with Crippen LogP contribution in [0.2, 0.25) is 0 Å². The van der Waals surface area contributed by atoms with E-state index in [4.69, 9.17) is 5.26 Å². The zero-order valence-corrected chi connectivity index (χ0v) is 6.39. The normalized spacial score (nSPS) is 30.7. The molecule has 2 heterocycles. The zero-order valence-electron chi connectivity index (χ0n) is 6.39. The average molecular weight is 159 g/mol. The topological polar surface area (TPSA) is 73.2 Å². The molecule has 0 aromatic carbocycles. The van der Waals surface area contributed by atoms with Gasteiger partial charge in [-0.2, -0.15) is 5.26 Å². The third-order valence-corrected chi connectivity index (χ3v) is 1.66. The molecule has 2 rings (SSSR count). The van der Waals surface area contributed by atoms with E-state index in [9.17, 15) is 0 Å². The van der Waals surface area contributed by atoms with Crippen molar-refractivity contribution in [2.75, 3.05) is 0 Å². The molecule has 0 saturated carbocycles. The lowest BCUT2D eigenvalue weighted by Gasteiger charge is -2.14. The highest BCUT2D eigenvalue weighted by atomic mass is 15.2. The third kappa shape index (κ3) is 0.719. The molecule has 2 aliphatic heterocycles. The SMILES string of the molecule is CC1=NC2=NC=NC2(C#N)C=N1. The van der Waals surface area contributed by atoms with Crippen molar-refractivity contribution in [3.63, 3.8) is 0 Å². The van der Waals surface area contributed by atoms with Gasteiger partial charge in [0.05, 0.1) is 6.21 Å². The molecule has 0 amide bonds. The van der Waals surface area contributed by atoms with Crippen LogP contribution >= 0.6 is 0 Å². The highest BCUT2D eigenvalue weighted by Gasteiger charge is 2.38. The summed E-state index contributed by atoms with van der Waals surface area (Å²) in [5, 5.41) is 8.83.